The number of hydrogen-bond acceptors (Lipinski definition) is 3. The van der Waals surface area contributed by atoms with Gasteiger partial charge in [-0.3, -0.25) is 4.98 Å². The molecule has 0 aliphatic carbocycles. The maximum Gasteiger partial charge on any atom is 0.177 e. The van der Waals surface area contributed by atoms with Gasteiger partial charge in [0.05, 0.1) is 5.52 Å². The molecule has 3 rings (SSSR count). The van der Waals surface area contributed by atoms with Crippen molar-refractivity contribution < 1.29 is 0 Å². The van der Waals surface area contributed by atoms with Crippen molar-refractivity contribution in [2.45, 2.75) is 19.8 Å². The van der Waals surface area contributed by atoms with E-state index in [1.165, 1.54) is 5.56 Å². The van der Waals surface area contributed by atoms with E-state index in [4.69, 9.17) is 0 Å². The van der Waals surface area contributed by atoms with Crippen molar-refractivity contribution in [3.8, 4) is 0 Å². The first-order chi connectivity index (χ1) is 8.83. The van der Waals surface area contributed by atoms with Crippen molar-refractivity contribution >= 4 is 11.2 Å². The minimum absolute atomic E-state index is 0.797. The summed E-state index contributed by atoms with van der Waals surface area (Å²) >= 11 is 0. The molecule has 0 radical (unpaired) electrons. The Morgan fingerprint density at radius 1 is 1.06 bits per heavy atom. The summed E-state index contributed by atoms with van der Waals surface area (Å²) < 4.78 is 0. The summed E-state index contributed by atoms with van der Waals surface area (Å²) in [5, 5.41) is 0. The highest BCUT2D eigenvalue weighted by Crippen LogP contribution is 2.13. The Morgan fingerprint density at radius 2 is 2.00 bits per heavy atom. The van der Waals surface area contributed by atoms with E-state index < -0.39 is 0 Å². The van der Waals surface area contributed by atoms with Gasteiger partial charge >= 0.3 is 0 Å². The highest BCUT2D eigenvalue weighted by atomic mass is 15.0. The molecule has 18 heavy (non-hydrogen) atoms. The van der Waals surface area contributed by atoms with Crippen LogP contribution in [0.3, 0.4) is 0 Å². The number of nitrogens with one attached hydrogen (secondary N) is 1. The predicted octanol–water partition coefficient (Wildman–Crippen LogP) is 2.45. The molecule has 3 aromatic rings. The van der Waals surface area contributed by atoms with E-state index in [9.17, 15) is 0 Å². The molecule has 1 N–H and O–H groups in total. The van der Waals surface area contributed by atoms with Gasteiger partial charge < -0.3 is 4.98 Å². The zero-order chi connectivity index (χ0) is 12.4. The molecular weight excluding hydrogens is 224 g/mol. The van der Waals surface area contributed by atoms with Crippen LogP contribution in [0.2, 0.25) is 0 Å². The molecular formula is C14H14N4. The summed E-state index contributed by atoms with van der Waals surface area (Å²) in [6.07, 6.45) is 5.35. The fraction of sp³-hybridized carbons (Fsp3) is 0.214. The summed E-state index contributed by atoms with van der Waals surface area (Å²) in [7, 11) is 0. The van der Waals surface area contributed by atoms with E-state index in [0.717, 1.165) is 35.5 Å². The van der Waals surface area contributed by atoms with Crippen molar-refractivity contribution in [3.63, 3.8) is 0 Å². The van der Waals surface area contributed by atoms with Crippen molar-refractivity contribution in [2.24, 2.45) is 0 Å². The molecule has 4 heteroatoms. The van der Waals surface area contributed by atoms with Crippen LogP contribution in [0.1, 0.15) is 17.1 Å². The number of imidazole rings is 1. The van der Waals surface area contributed by atoms with Gasteiger partial charge in [0, 0.05) is 24.5 Å². The highest BCUT2D eigenvalue weighted by molar-refractivity contribution is 5.74. The van der Waals surface area contributed by atoms with Crippen LogP contribution in [0.4, 0.5) is 0 Å². The number of aromatic amines is 1. The summed E-state index contributed by atoms with van der Waals surface area (Å²) in [4.78, 5) is 16.4. The van der Waals surface area contributed by atoms with Crippen LogP contribution < -0.4 is 0 Å². The van der Waals surface area contributed by atoms with Gasteiger partial charge in [-0.25, -0.2) is 9.97 Å². The predicted molar refractivity (Wildman–Crippen MR) is 70.3 cm³/mol. The molecule has 0 aromatic carbocycles. The topological polar surface area (TPSA) is 54.5 Å². The number of rotatable bonds is 3. The van der Waals surface area contributed by atoms with Crippen LogP contribution in [0, 0.1) is 6.92 Å². The zero-order valence-electron chi connectivity index (χ0n) is 10.2. The van der Waals surface area contributed by atoms with Gasteiger partial charge in [-0.05, 0) is 37.1 Å². The lowest BCUT2D eigenvalue weighted by Crippen LogP contribution is -1.95. The van der Waals surface area contributed by atoms with Crippen molar-refractivity contribution in [1.29, 1.82) is 0 Å². The summed E-state index contributed by atoms with van der Waals surface area (Å²) in [6, 6.07) is 7.96. The maximum absolute atomic E-state index is 4.49. The number of fused-ring (bicyclic) bond motifs is 1. The van der Waals surface area contributed by atoms with Crippen molar-refractivity contribution in [1.82, 2.24) is 19.9 Å². The lowest BCUT2D eigenvalue weighted by Gasteiger charge is -1.97. The number of nitrogens with zero attached hydrogens (tertiary/aromatic N) is 3. The Bertz CT molecular complexity index is 658. The van der Waals surface area contributed by atoms with E-state index >= 15 is 0 Å². The molecule has 4 nitrogen and oxygen atoms in total. The molecule has 0 saturated heterocycles. The van der Waals surface area contributed by atoms with Gasteiger partial charge in [-0.15, -0.1) is 0 Å². The molecule has 0 fully saturated rings. The Kier molecular flexibility index (Phi) is 2.76. The number of aromatic nitrogens is 4. The van der Waals surface area contributed by atoms with E-state index in [0.29, 0.717) is 0 Å². The van der Waals surface area contributed by atoms with Gasteiger partial charge in [0.15, 0.2) is 5.65 Å². The second-order valence-corrected chi connectivity index (χ2v) is 4.33. The molecule has 90 valence electrons. The van der Waals surface area contributed by atoms with Crippen LogP contribution in [-0.2, 0) is 12.8 Å². The quantitative estimate of drug-likeness (QED) is 0.762. The number of H-pyrrole nitrogens is 1. The minimum atomic E-state index is 0.797. The molecule has 0 unspecified atom stereocenters. The summed E-state index contributed by atoms with van der Waals surface area (Å²) in [5.41, 5.74) is 4.10. The lowest BCUT2D eigenvalue weighted by molar-refractivity contribution is 0.860. The standard InChI is InChI=1S/C14H14N4/c1-10-7-9-16-14-13(10)17-12(18-14)6-5-11-4-2-3-8-15-11/h2-4,7-9H,5-6H2,1H3,(H,16,17,18). The van der Waals surface area contributed by atoms with E-state index in [1.807, 2.05) is 30.5 Å². The largest absolute Gasteiger partial charge is 0.340 e. The van der Waals surface area contributed by atoms with Crippen LogP contribution in [0.25, 0.3) is 11.2 Å². The van der Waals surface area contributed by atoms with Crippen molar-refractivity contribution in [2.75, 3.05) is 0 Å². The first-order valence-corrected chi connectivity index (χ1v) is 6.03. The third-order valence-electron chi connectivity index (χ3n) is 2.99. The van der Waals surface area contributed by atoms with Crippen LogP contribution in [0.15, 0.2) is 36.7 Å². The Morgan fingerprint density at radius 3 is 2.78 bits per heavy atom. The fourth-order valence-electron chi connectivity index (χ4n) is 1.99. The Labute approximate surface area is 105 Å². The van der Waals surface area contributed by atoms with Crippen LogP contribution in [-0.4, -0.2) is 19.9 Å². The lowest BCUT2D eigenvalue weighted by atomic mass is 10.2. The molecule has 0 spiro atoms. The van der Waals surface area contributed by atoms with Crippen LogP contribution in [0.5, 0.6) is 0 Å². The van der Waals surface area contributed by atoms with E-state index in [1.54, 1.807) is 6.20 Å². The second-order valence-electron chi connectivity index (χ2n) is 4.33. The first kappa shape index (κ1) is 10.9. The highest BCUT2D eigenvalue weighted by Gasteiger charge is 2.06. The van der Waals surface area contributed by atoms with E-state index in [2.05, 4.69) is 26.9 Å². The van der Waals surface area contributed by atoms with Gasteiger partial charge in [0.2, 0.25) is 0 Å². The SMILES string of the molecule is Cc1ccnc2nc(CCc3ccccn3)[nH]c12. The summed E-state index contributed by atoms with van der Waals surface area (Å²) in [6.45, 7) is 2.06. The molecule has 0 aliphatic rings. The minimum Gasteiger partial charge on any atom is -0.340 e. The third kappa shape index (κ3) is 2.09. The Balaban J connectivity index is 1.81. The average molecular weight is 238 g/mol. The third-order valence-corrected chi connectivity index (χ3v) is 2.99. The monoisotopic (exact) mass is 238 g/mol. The van der Waals surface area contributed by atoms with Gasteiger partial charge in [-0.1, -0.05) is 6.07 Å². The van der Waals surface area contributed by atoms with Gasteiger partial charge in [-0.2, -0.15) is 0 Å². The number of aryl methyl sites for hydroxylation is 3. The fourth-order valence-corrected chi connectivity index (χ4v) is 1.99. The first-order valence-electron chi connectivity index (χ1n) is 6.03. The normalized spacial score (nSPS) is 10.9. The number of pyridine rings is 2. The number of hydrogen-bond donors (Lipinski definition) is 1. The molecule has 3 heterocycles. The molecule has 0 atom stereocenters. The van der Waals surface area contributed by atoms with Crippen LogP contribution >= 0.6 is 0 Å². The molecule has 0 aliphatic heterocycles. The smallest absolute Gasteiger partial charge is 0.177 e. The molecule has 0 saturated carbocycles. The molecule has 3 aromatic heterocycles. The van der Waals surface area contributed by atoms with Gasteiger partial charge in [0.25, 0.3) is 0 Å². The van der Waals surface area contributed by atoms with Gasteiger partial charge in [0.1, 0.15) is 5.82 Å². The summed E-state index contributed by atoms with van der Waals surface area (Å²) in [5.74, 6) is 0.970. The van der Waals surface area contributed by atoms with Crippen molar-refractivity contribution in [3.05, 3.63) is 53.7 Å². The zero-order valence-corrected chi connectivity index (χ0v) is 10.2. The molecule has 0 amide bonds. The Hall–Kier alpha value is -2.23. The average Bonchev–Trinajstić information content (AvgIpc) is 2.82. The second kappa shape index (κ2) is 4.56. The molecule has 0 bridgehead atoms. The van der Waals surface area contributed by atoms with E-state index in [-0.39, 0.29) is 0 Å². The maximum atomic E-state index is 4.49.